The zero-order chi connectivity index (χ0) is 13.5. The first kappa shape index (κ1) is 14.8. The summed E-state index contributed by atoms with van der Waals surface area (Å²) in [4.78, 5) is 11.6. The van der Waals surface area contributed by atoms with E-state index in [1.807, 2.05) is 32.0 Å². The molecule has 0 saturated carbocycles. The Hall–Kier alpha value is -1.26. The van der Waals surface area contributed by atoms with Gasteiger partial charge in [-0.1, -0.05) is 17.7 Å². The summed E-state index contributed by atoms with van der Waals surface area (Å²) in [5.74, 6) is -0.0704. The van der Waals surface area contributed by atoms with Gasteiger partial charge in [-0.15, -0.1) is 0 Å². The van der Waals surface area contributed by atoms with Gasteiger partial charge < -0.3 is 15.4 Å². The van der Waals surface area contributed by atoms with Crippen LogP contribution < -0.4 is 10.6 Å². The van der Waals surface area contributed by atoms with Gasteiger partial charge in [0.1, 0.15) is 0 Å². The van der Waals surface area contributed by atoms with Gasteiger partial charge in [0.25, 0.3) is 0 Å². The lowest BCUT2D eigenvalue weighted by Crippen LogP contribution is -2.39. The number of ether oxygens (including phenoxy) is 1. The molecular weight excluding hydrogens is 252 g/mol. The normalized spacial score (nSPS) is 12.0. The molecule has 0 fully saturated rings. The molecule has 5 heteroatoms. The van der Waals surface area contributed by atoms with E-state index in [9.17, 15) is 4.79 Å². The molecule has 100 valence electrons. The first-order valence-electron chi connectivity index (χ1n) is 5.82. The number of hydrogen-bond acceptors (Lipinski definition) is 3. The molecule has 0 heterocycles. The molecule has 0 aliphatic carbocycles. The maximum absolute atomic E-state index is 11.6. The Morgan fingerprint density at radius 1 is 1.50 bits per heavy atom. The van der Waals surface area contributed by atoms with E-state index in [0.717, 1.165) is 11.3 Å². The summed E-state index contributed by atoms with van der Waals surface area (Å²) in [5, 5.41) is 6.58. The molecule has 0 spiro atoms. The lowest BCUT2D eigenvalue weighted by molar-refractivity contribution is -0.120. The van der Waals surface area contributed by atoms with E-state index in [1.165, 1.54) is 0 Å². The van der Waals surface area contributed by atoms with Gasteiger partial charge in [0, 0.05) is 23.9 Å². The minimum Gasteiger partial charge on any atom is -0.383 e. The van der Waals surface area contributed by atoms with E-state index >= 15 is 0 Å². The largest absolute Gasteiger partial charge is 0.383 e. The fourth-order valence-electron chi connectivity index (χ4n) is 1.59. The van der Waals surface area contributed by atoms with Crippen molar-refractivity contribution < 1.29 is 9.53 Å². The molecule has 0 aliphatic rings. The fraction of sp³-hybridized carbons (Fsp3) is 0.462. The standard InChI is InChI=1S/C13H19ClN2O2/c1-9(8-18-3)16-13(17)7-15-12-6-4-5-11(14)10(12)2/h4-6,9,15H,7-8H2,1-3H3,(H,16,17)/t9-/m1/s1. The average molecular weight is 271 g/mol. The molecule has 0 aliphatic heterocycles. The highest BCUT2D eigenvalue weighted by Crippen LogP contribution is 2.22. The first-order chi connectivity index (χ1) is 8.54. The van der Waals surface area contributed by atoms with Gasteiger partial charge in [-0.05, 0) is 31.5 Å². The van der Waals surface area contributed by atoms with Crippen molar-refractivity contribution in [2.75, 3.05) is 25.6 Å². The molecule has 1 atom stereocenters. The molecule has 0 saturated heterocycles. The smallest absolute Gasteiger partial charge is 0.239 e. The molecule has 0 aromatic heterocycles. The van der Waals surface area contributed by atoms with Crippen LogP contribution >= 0.6 is 11.6 Å². The van der Waals surface area contributed by atoms with Gasteiger partial charge >= 0.3 is 0 Å². The maximum atomic E-state index is 11.6. The summed E-state index contributed by atoms with van der Waals surface area (Å²) in [6.07, 6.45) is 0. The quantitative estimate of drug-likeness (QED) is 0.833. The number of rotatable bonds is 6. The minimum absolute atomic E-state index is 0.00441. The third-order valence-corrected chi connectivity index (χ3v) is 2.94. The number of halogens is 1. The molecule has 1 aromatic carbocycles. The summed E-state index contributed by atoms with van der Waals surface area (Å²) in [6, 6.07) is 5.57. The van der Waals surface area contributed by atoms with Gasteiger partial charge in [-0.2, -0.15) is 0 Å². The van der Waals surface area contributed by atoms with Crippen LogP contribution in [0.2, 0.25) is 5.02 Å². The van der Waals surface area contributed by atoms with Crippen molar-refractivity contribution in [2.45, 2.75) is 19.9 Å². The van der Waals surface area contributed by atoms with E-state index in [4.69, 9.17) is 16.3 Å². The van der Waals surface area contributed by atoms with E-state index in [2.05, 4.69) is 10.6 Å². The molecule has 1 amide bonds. The highest BCUT2D eigenvalue weighted by Gasteiger charge is 2.08. The van der Waals surface area contributed by atoms with Crippen molar-refractivity contribution in [3.63, 3.8) is 0 Å². The predicted octanol–water partition coefficient (Wildman–Crippen LogP) is 2.21. The van der Waals surface area contributed by atoms with Crippen LogP contribution in [0.25, 0.3) is 0 Å². The van der Waals surface area contributed by atoms with Gasteiger partial charge in [0.2, 0.25) is 5.91 Å². The van der Waals surface area contributed by atoms with Gasteiger partial charge in [0.05, 0.1) is 13.2 Å². The van der Waals surface area contributed by atoms with Crippen molar-refractivity contribution >= 4 is 23.2 Å². The monoisotopic (exact) mass is 270 g/mol. The first-order valence-corrected chi connectivity index (χ1v) is 6.19. The third kappa shape index (κ3) is 4.55. The predicted molar refractivity (Wildman–Crippen MR) is 74.2 cm³/mol. The molecular formula is C13H19ClN2O2. The Morgan fingerprint density at radius 2 is 2.22 bits per heavy atom. The highest BCUT2D eigenvalue weighted by molar-refractivity contribution is 6.31. The van der Waals surface area contributed by atoms with Crippen LogP contribution in [0.3, 0.4) is 0 Å². The van der Waals surface area contributed by atoms with Crippen LogP contribution in [0.15, 0.2) is 18.2 Å². The Bertz CT molecular complexity index is 410. The molecule has 4 nitrogen and oxygen atoms in total. The van der Waals surface area contributed by atoms with Crippen molar-refractivity contribution in [1.29, 1.82) is 0 Å². The zero-order valence-corrected chi connectivity index (χ0v) is 11.7. The van der Waals surface area contributed by atoms with Crippen LogP contribution in [0.1, 0.15) is 12.5 Å². The number of benzene rings is 1. The van der Waals surface area contributed by atoms with Crippen LogP contribution in [-0.4, -0.2) is 32.2 Å². The van der Waals surface area contributed by atoms with Gasteiger partial charge in [-0.25, -0.2) is 0 Å². The molecule has 1 aromatic rings. The van der Waals surface area contributed by atoms with E-state index in [1.54, 1.807) is 7.11 Å². The molecule has 0 radical (unpaired) electrons. The Labute approximate surface area is 113 Å². The fourth-order valence-corrected chi connectivity index (χ4v) is 1.77. The van der Waals surface area contributed by atoms with Crippen LogP contribution in [0.4, 0.5) is 5.69 Å². The van der Waals surface area contributed by atoms with Gasteiger partial charge in [0.15, 0.2) is 0 Å². The van der Waals surface area contributed by atoms with E-state index < -0.39 is 0 Å². The average Bonchev–Trinajstić information content (AvgIpc) is 2.31. The van der Waals surface area contributed by atoms with Gasteiger partial charge in [-0.3, -0.25) is 4.79 Å². The number of methoxy groups -OCH3 is 1. The number of amides is 1. The second-order valence-electron chi connectivity index (χ2n) is 4.19. The maximum Gasteiger partial charge on any atom is 0.239 e. The molecule has 18 heavy (non-hydrogen) atoms. The summed E-state index contributed by atoms with van der Waals surface area (Å²) >= 11 is 6.00. The second-order valence-corrected chi connectivity index (χ2v) is 4.60. The van der Waals surface area contributed by atoms with Crippen molar-refractivity contribution in [3.8, 4) is 0 Å². The number of nitrogens with one attached hydrogen (secondary N) is 2. The molecule has 0 bridgehead atoms. The summed E-state index contributed by atoms with van der Waals surface area (Å²) in [5.41, 5.74) is 1.81. The SMILES string of the molecule is COC[C@@H](C)NC(=O)CNc1cccc(Cl)c1C. The molecule has 1 rings (SSSR count). The topological polar surface area (TPSA) is 50.4 Å². The zero-order valence-electron chi connectivity index (χ0n) is 10.9. The Morgan fingerprint density at radius 3 is 2.89 bits per heavy atom. The van der Waals surface area contributed by atoms with Crippen LogP contribution in [0.5, 0.6) is 0 Å². The van der Waals surface area contributed by atoms with Crippen molar-refractivity contribution in [2.24, 2.45) is 0 Å². The van der Waals surface area contributed by atoms with Crippen LogP contribution in [0, 0.1) is 6.92 Å². The summed E-state index contributed by atoms with van der Waals surface area (Å²) < 4.78 is 4.95. The second kappa shape index (κ2) is 7.24. The number of carbonyl (C=O) groups is 1. The Balaban J connectivity index is 2.45. The number of anilines is 1. The van der Waals surface area contributed by atoms with Crippen molar-refractivity contribution in [1.82, 2.24) is 5.32 Å². The highest BCUT2D eigenvalue weighted by atomic mass is 35.5. The Kier molecular flexibility index (Phi) is 5.95. The minimum atomic E-state index is -0.0704. The number of carbonyl (C=O) groups excluding carboxylic acids is 1. The lowest BCUT2D eigenvalue weighted by atomic mass is 10.2. The van der Waals surface area contributed by atoms with E-state index in [-0.39, 0.29) is 18.5 Å². The summed E-state index contributed by atoms with van der Waals surface area (Å²) in [7, 11) is 1.61. The lowest BCUT2D eigenvalue weighted by Gasteiger charge is -2.14. The third-order valence-electron chi connectivity index (χ3n) is 2.53. The van der Waals surface area contributed by atoms with Crippen LogP contribution in [-0.2, 0) is 9.53 Å². The molecule has 0 unspecified atom stereocenters. The van der Waals surface area contributed by atoms with Crippen molar-refractivity contribution in [3.05, 3.63) is 28.8 Å². The summed E-state index contributed by atoms with van der Waals surface area (Å²) in [6.45, 7) is 4.53. The van der Waals surface area contributed by atoms with E-state index in [0.29, 0.717) is 11.6 Å². The molecule has 2 N–H and O–H groups in total. The number of hydrogen-bond donors (Lipinski definition) is 2.